The predicted molar refractivity (Wildman–Crippen MR) is 113 cm³/mol. The number of rotatable bonds is 3. The van der Waals surface area contributed by atoms with Gasteiger partial charge in [0.1, 0.15) is 6.10 Å². The van der Waals surface area contributed by atoms with Crippen molar-refractivity contribution in [2.45, 2.75) is 85.7 Å². The number of carbonyl (C=O) groups is 2. The molecule has 160 valence electrons. The summed E-state index contributed by atoms with van der Waals surface area (Å²) in [5.74, 6) is 4.98. The van der Waals surface area contributed by atoms with Crippen molar-refractivity contribution in [1.29, 1.82) is 0 Å². The molecule has 4 fully saturated rings. The largest absolute Gasteiger partial charge is 0.461 e. The Balaban J connectivity index is 1.48. The van der Waals surface area contributed by atoms with Crippen LogP contribution in [-0.4, -0.2) is 17.9 Å². The number of ether oxygens (including phenoxy) is 1. The van der Waals surface area contributed by atoms with E-state index in [1.165, 1.54) is 18.4 Å². The second kappa shape index (κ2) is 6.44. The lowest BCUT2D eigenvalue weighted by molar-refractivity contribution is -0.162. The minimum atomic E-state index is -0.00219. The Morgan fingerprint density at radius 3 is 2.66 bits per heavy atom. The van der Waals surface area contributed by atoms with Gasteiger partial charge in [0, 0.05) is 18.3 Å². The molecule has 0 radical (unpaired) electrons. The molecule has 5 aliphatic carbocycles. The summed E-state index contributed by atoms with van der Waals surface area (Å²) in [5.41, 5.74) is 1.85. The maximum atomic E-state index is 12.4. The van der Waals surface area contributed by atoms with Crippen molar-refractivity contribution in [2.24, 2.45) is 52.3 Å². The maximum absolute atomic E-state index is 12.4. The quantitative estimate of drug-likeness (QED) is 0.583. The molecule has 0 aliphatic heterocycles. The SMILES string of the molecule is CCCC(=O)OC1C(C)CC2C3C4C(C)C4C4=CC(=O)CCC4(C)C3CCC21C. The summed E-state index contributed by atoms with van der Waals surface area (Å²) in [6.45, 7) is 11.7. The third-order valence-corrected chi connectivity index (χ3v) is 10.2. The van der Waals surface area contributed by atoms with Crippen molar-refractivity contribution in [1.82, 2.24) is 0 Å². The molecule has 0 amide bonds. The molecule has 0 aromatic heterocycles. The zero-order chi connectivity index (χ0) is 20.7. The Kier molecular flexibility index (Phi) is 4.40. The zero-order valence-corrected chi connectivity index (χ0v) is 18.9. The number of allylic oxidation sites excluding steroid dienone is 1. The van der Waals surface area contributed by atoms with E-state index in [0.29, 0.717) is 41.8 Å². The van der Waals surface area contributed by atoms with Crippen molar-refractivity contribution < 1.29 is 14.3 Å². The van der Waals surface area contributed by atoms with Gasteiger partial charge in [0.2, 0.25) is 0 Å². The fourth-order valence-electron chi connectivity index (χ4n) is 8.84. The van der Waals surface area contributed by atoms with Crippen molar-refractivity contribution in [3.63, 3.8) is 0 Å². The smallest absolute Gasteiger partial charge is 0.306 e. The molecule has 0 heterocycles. The average molecular weight is 399 g/mol. The number of fused-ring (bicyclic) bond motifs is 8. The molecule has 5 rings (SSSR count). The topological polar surface area (TPSA) is 43.4 Å². The number of hydrogen-bond acceptors (Lipinski definition) is 3. The zero-order valence-electron chi connectivity index (χ0n) is 18.9. The fraction of sp³-hybridized carbons (Fsp3) is 0.846. The van der Waals surface area contributed by atoms with Gasteiger partial charge >= 0.3 is 5.97 Å². The van der Waals surface area contributed by atoms with Gasteiger partial charge in [-0.3, -0.25) is 9.59 Å². The second-order valence-electron chi connectivity index (χ2n) is 11.7. The van der Waals surface area contributed by atoms with E-state index in [0.717, 1.165) is 37.5 Å². The van der Waals surface area contributed by atoms with Crippen LogP contribution in [0.4, 0.5) is 0 Å². The molecule has 10 unspecified atom stereocenters. The normalized spacial score (nSPS) is 52.6. The van der Waals surface area contributed by atoms with Crippen LogP contribution >= 0.6 is 0 Å². The van der Waals surface area contributed by atoms with E-state index in [4.69, 9.17) is 4.74 Å². The van der Waals surface area contributed by atoms with Gasteiger partial charge in [0.05, 0.1) is 0 Å². The second-order valence-corrected chi connectivity index (χ2v) is 11.7. The standard InChI is InChI=1S/C26H38O3/c1-6-7-20(28)29-24-14(2)12-18-23-17(9-11-26(18,24)5)25(4)10-8-16(27)13-19(25)21-15(3)22(21)23/h13-15,17-18,21-24H,6-12H2,1-5H3. The van der Waals surface area contributed by atoms with Gasteiger partial charge < -0.3 is 4.74 Å². The lowest BCUT2D eigenvalue weighted by Gasteiger charge is -2.57. The number of ketones is 1. The van der Waals surface area contributed by atoms with Crippen LogP contribution in [0, 0.1) is 52.3 Å². The molecule has 0 aromatic rings. The number of hydrogen-bond donors (Lipinski definition) is 0. The van der Waals surface area contributed by atoms with E-state index in [1.807, 2.05) is 6.92 Å². The molecule has 3 heteroatoms. The molecule has 0 spiro atoms. The third kappa shape index (κ3) is 2.61. The molecule has 4 saturated carbocycles. The molecule has 0 N–H and O–H groups in total. The van der Waals surface area contributed by atoms with Crippen molar-refractivity contribution >= 4 is 11.8 Å². The first-order valence-corrected chi connectivity index (χ1v) is 12.2. The molecule has 0 saturated heterocycles. The van der Waals surface area contributed by atoms with E-state index in [-0.39, 0.29) is 22.9 Å². The van der Waals surface area contributed by atoms with E-state index in [9.17, 15) is 9.59 Å². The monoisotopic (exact) mass is 398 g/mol. The summed E-state index contributed by atoms with van der Waals surface area (Å²) in [5, 5.41) is 0. The lowest BCUT2D eigenvalue weighted by Crippen LogP contribution is -2.52. The Morgan fingerprint density at radius 1 is 1.17 bits per heavy atom. The summed E-state index contributed by atoms with van der Waals surface area (Å²) in [6, 6.07) is 0. The lowest BCUT2D eigenvalue weighted by atomic mass is 9.47. The Hall–Kier alpha value is -1.12. The molecule has 10 atom stereocenters. The van der Waals surface area contributed by atoms with Crippen molar-refractivity contribution in [3.8, 4) is 0 Å². The van der Waals surface area contributed by atoms with Crippen LogP contribution in [-0.2, 0) is 14.3 Å². The Labute approximate surface area is 176 Å². The minimum Gasteiger partial charge on any atom is -0.461 e. The van der Waals surface area contributed by atoms with Crippen LogP contribution in [0.1, 0.15) is 79.6 Å². The van der Waals surface area contributed by atoms with E-state index in [2.05, 4.69) is 33.8 Å². The molecule has 29 heavy (non-hydrogen) atoms. The van der Waals surface area contributed by atoms with Gasteiger partial charge in [-0.25, -0.2) is 0 Å². The molecular weight excluding hydrogens is 360 g/mol. The first-order valence-electron chi connectivity index (χ1n) is 12.2. The van der Waals surface area contributed by atoms with E-state index >= 15 is 0 Å². The molecular formula is C26H38O3. The minimum absolute atomic E-state index is 0.00219. The highest BCUT2D eigenvalue weighted by Crippen LogP contribution is 2.76. The van der Waals surface area contributed by atoms with Crippen molar-refractivity contribution in [3.05, 3.63) is 11.6 Å². The Morgan fingerprint density at radius 2 is 1.93 bits per heavy atom. The summed E-state index contributed by atoms with van der Waals surface area (Å²) in [6.07, 6.45) is 8.90. The highest BCUT2D eigenvalue weighted by atomic mass is 16.5. The van der Waals surface area contributed by atoms with Crippen LogP contribution in [0.25, 0.3) is 0 Å². The van der Waals surface area contributed by atoms with Crippen LogP contribution in [0.5, 0.6) is 0 Å². The predicted octanol–water partition coefficient (Wildman–Crippen LogP) is 5.58. The number of esters is 1. The molecule has 0 bridgehead atoms. The van der Waals surface area contributed by atoms with Crippen LogP contribution in [0.15, 0.2) is 11.6 Å². The third-order valence-electron chi connectivity index (χ3n) is 10.2. The molecule has 5 aliphatic rings. The Bertz CT molecular complexity index is 768. The van der Waals surface area contributed by atoms with Crippen LogP contribution < -0.4 is 0 Å². The average Bonchev–Trinajstić information content (AvgIpc) is 3.26. The van der Waals surface area contributed by atoms with Gasteiger partial charge in [-0.2, -0.15) is 0 Å². The summed E-state index contributed by atoms with van der Waals surface area (Å²) >= 11 is 0. The van der Waals surface area contributed by atoms with Crippen LogP contribution in [0.3, 0.4) is 0 Å². The summed E-state index contributed by atoms with van der Waals surface area (Å²) < 4.78 is 6.14. The number of carbonyl (C=O) groups excluding carboxylic acids is 2. The van der Waals surface area contributed by atoms with Gasteiger partial charge in [-0.05, 0) is 85.0 Å². The van der Waals surface area contributed by atoms with E-state index in [1.54, 1.807) is 0 Å². The molecule has 3 nitrogen and oxygen atoms in total. The fourth-order valence-corrected chi connectivity index (χ4v) is 8.84. The summed E-state index contributed by atoms with van der Waals surface area (Å²) in [7, 11) is 0. The highest BCUT2D eigenvalue weighted by Gasteiger charge is 2.71. The van der Waals surface area contributed by atoms with Gasteiger partial charge in [-0.1, -0.05) is 40.2 Å². The molecule has 0 aromatic carbocycles. The van der Waals surface area contributed by atoms with Gasteiger partial charge in [0.15, 0.2) is 5.78 Å². The van der Waals surface area contributed by atoms with Crippen LogP contribution in [0.2, 0.25) is 0 Å². The highest BCUT2D eigenvalue weighted by molar-refractivity contribution is 5.92. The maximum Gasteiger partial charge on any atom is 0.306 e. The first-order chi connectivity index (χ1) is 13.7. The van der Waals surface area contributed by atoms with Crippen molar-refractivity contribution in [2.75, 3.05) is 0 Å². The van der Waals surface area contributed by atoms with Gasteiger partial charge in [0.25, 0.3) is 0 Å². The van der Waals surface area contributed by atoms with Gasteiger partial charge in [-0.15, -0.1) is 0 Å². The summed E-state index contributed by atoms with van der Waals surface area (Å²) in [4.78, 5) is 24.6. The first kappa shape index (κ1) is 19.8. The van der Waals surface area contributed by atoms with E-state index < -0.39 is 0 Å².